The van der Waals surface area contributed by atoms with Crippen LogP contribution >= 0.6 is 11.3 Å². The summed E-state index contributed by atoms with van der Waals surface area (Å²) in [5, 5.41) is 16.7. The zero-order valence-electron chi connectivity index (χ0n) is 16.7. The van der Waals surface area contributed by atoms with Gasteiger partial charge in [-0.3, -0.25) is 4.99 Å². The average Bonchev–Trinajstić information content (AvgIpc) is 3.15. The Morgan fingerprint density at radius 3 is 2.45 bits per heavy atom. The maximum absolute atomic E-state index is 10.1. The number of aromatic hydroxyl groups is 1. The van der Waals surface area contributed by atoms with Crippen LogP contribution in [0, 0.1) is 0 Å². The monoisotopic (exact) mass is 413 g/mol. The van der Waals surface area contributed by atoms with E-state index in [1.165, 1.54) is 11.3 Å². The number of phenolic OH excluding ortho intramolecular Hbond substituents is 1. The first-order valence-corrected chi connectivity index (χ1v) is 9.84. The Hall–Kier alpha value is -3.26. The summed E-state index contributed by atoms with van der Waals surface area (Å²) in [7, 11) is 4.80. The molecule has 0 aliphatic heterocycles. The van der Waals surface area contributed by atoms with Crippen LogP contribution in [-0.4, -0.2) is 43.9 Å². The Kier molecular flexibility index (Phi) is 6.56. The van der Waals surface area contributed by atoms with E-state index in [1.54, 1.807) is 50.4 Å². The van der Waals surface area contributed by atoms with Gasteiger partial charge in [0.2, 0.25) is 4.80 Å². The van der Waals surface area contributed by atoms with Gasteiger partial charge in [-0.25, -0.2) is 4.68 Å². The standard InChI is InChI=1S/C21H23N3O4S/c1-5-22-21-24(23-12-14-10-15(26-2)7-9-19(14)25)18(13-29-21)17-8-6-16(27-3)11-20(17)28-4/h6-13,25H,5H2,1-4H3. The van der Waals surface area contributed by atoms with Gasteiger partial charge in [-0.2, -0.15) is 5.10 Å². The number of thiazole rings is 1. The van der Waals surface area contributed by atoms with Crippen molar-refractivity contribution in [1.82, 2.24) is 4.68 Å². The number of benzene rings is 2. The van der Waals surface area contributed by atoms with E-state index in [0.29, 0.717) is 29.4 Å². The highest BCUT2D eigenvalue weighted by atomic mass is 32.1. The van der Waals surface area contributed by atoms with Crippen molar-refractivity contribution in [3.05, 3.63) is 52.1 Å². The zero-order chi connectivity index (χ0) is 20.8. The molecule has 1 aromatic heterocycles. The van der Waals surface area contributed by atoms with Gasteiger partial charge in [0.25, 0.3) is 0 Å². The molecule has 152 valence electrons. The second-order valence-electron chi connectivity index (χ2n) is 5.93. The summed E-state index contributed by atoms with van der Waals surface area (Å²) in [6.45, 7) is 2.59. The summed E-state index contributed by atoms with van der Waals surface area (Å²) in [5.74, 6) is 2.12. The number of aromatic nitrogens is 1. The number of rotatable bonds is 7. The number of methoxy groups -OCH3 is 3. The number of hydrogen-bond acceptors (Lipinski definition) is 7. The highest BCUT2D eigenvalue weighted by Crippen LogP contribution is 2.33. The van der Waals surface area contributed by atoms with Gasteiger partial charge in [-0.05, 0) is 37.3 Å². The number of nitrogens with zero attached hydrogens (tertiary/aromatic N) is 3. The van der Waals surface area contributed by atoms with Crippen LogP contribution in [0.1, 0.15) is 12.5 Å². The highest BCUT2D eigenvalue weighted by molar-refractivity contribution is 7.07. The first kappa shape index (κ1) is 20.5. The Balaban J connectivity index is 2.13. The lowest BCUT2D eigenvalue weighted by atomic mass is 10.1. The Bertz CT molecular complexity index is 1090. The molecule has 0 saturated carbocycles. The number of ether oxygens (including phenoxy) is 3. The topological polar surface area (TPSA) is 77.6 Å². The van der Waals surface area contributed by atoms with Crippen molar-refractivity contribution < 1.29 is 19.3 Å². The first-order valence-electron chi connectivity index (χ1n) is 8.96. The van der Waals surface area contributed by atoms with E-state index >= 15 is 0 Å². The third-order valence-electron chi connectivity index (χ3n) is 4.21. The zero-order valence-corrected chi connectivity index (χ0v) is 17.6. The molecular weight excluding hydrogens is 390 g/mol. The number of hydrogen-bond donors (Lipinski definition) is 1. The van der Waals surface area contributed by atoms with E-state index < -0.39 is 0 Å². The Morgan fingerprint density at radius 1 is 1.03 bits per heavy atom. The Morgan fingerprint density at radius 2 is 1.76 bits per heavy atom. The normalized spacial score (nSPS) is 11.8. The van der Waals surface area contributed by atoms with Gasteiger partial charge in [0.05, 0.1) is 33.2 Å². The molecule has 1 heterocycles. The maximum atomic E-state index is 10.1. The van der Waals surface area contributed by atoms with Gasteiger partial charge >= 0.3 is 0 Å². The lowest BCUT2D eigenvalue weighted by Crippen LogP contribution is -2.12. The van der Waals surface area contributed by atoms with E-state index in [-0.39, 0.29) is 5.75 Å². The van der Waals surface area contributed by atoms with Crippen LogP contribution in [0.2, 0.25) is 0 Å². The fourth-order valence-electron chi connectivity index (χ4n) is 2.73. The lowest BCUT2D eigenvalue weighted by Gasteiger charge is -2.11. The minimum atomic E-state index is 0.114. The van der Waals surface area contributed by atoms with Crippen LogP contribution in [0.5, 0.6) is 23.0 Å². The second kappa shape index (κ2) is 9.29. The van der Waals surface area contributed by atoms with Gasteiger partial charge in [0.1, 0.15) is 23.0 Å². The van der Waals surface area contributed by atoms with Gasteiger partial charge in [0, 0.05) is 29.1 Å². The smallest absolute Gasteiger partial charge is 0.206 e. The Labute approximate surface area is 173 Å². The minimum absolute atomic E-state index is 0.114. The molecule has 8 heteroatoms. The lowest BCUT2D eigenvalue weighted by molar-refractivity contribution is 0.395. The molecule has 0 aliphatic rings. The van der Waals surface area contributed by atoms with Crippen molar-refractivity contribution >= 4 is 17.6 Å². The summed E-state index contributed by atoms with van der Waals surface area (Å²) in [5.41, 5.74) is 2.22. The summed E-state index contributed by atoms with van der Waals surface area (Å²) in [4.78, 5) is 5.26. The SMILES string of the molecule is CCN=c1scc(-c2ccc(OC)cc2OC)n1N=Cc1cc(OC)ccc1O. The molecule has 29 heavy (non-hydrogen) atoms. The average molecular weight is 413 g/mol. The van der Waals surface area contributed by atoms with E-state index in [9.17, 15) is 5.11 Å². The van der Waals surface area contributed by atoms with Gasteiger partial charge in [0.15, 0.2) is 0 Å². The largest absolute Gasteiger partial charge is 0.507 e. The molecule has 0 unspecified atom stereocenters. The van der Waals surface area contributed by atoms with Crippen molar-refractivity contribution in [3.8, 4) is 34.3 Å². The number of phenols is 1. The van der Waals surface area contributed by atoms with Gasteiger partial charge in [-0.15, -0.1) is 11.3 Å². The van der Waals surface area contributed by atoms with Crippen LogP contribution in [0.15, 0.2) is 51.9 Å². The third kappa shape index (κ3) is 4.43. The molecule has 0 bridgehead atoms. The van der Waals surface area contributed by atoms with Crippen LogP contribution in [0.4, 0.5) is 0 Å². The van der Waals surface area contributed by atoms with Gasteiger partial charge in [-0.1, -0.05) is 0 Å². The molecule has 3 aromatic rings. The molecule has 0 saturated heterocycles. The molecule has 0 spiro atoms. The molecule has 7 nitrogen and oxygen atoms in total. The van der Waals surface area contributed by atoms with Crippen LogP contribution in [-0.2, 0) is 0 Å². The summed E-state index contributed by atoms with van der Waals surface area (Å²) >= 11 is 1.48. The summed E-state index contributed by atoms with van der Waals surface area (Å²) < 4.78 is 17.8. The maximum Gasteiger partial charge on any atom is 0.206 e. The quantitative estimate of drug-likeness (QED) is 0.599. The molecule has 0 radical (unpaired) electrons. The molecule has 0 atom stereocenters. The van der Waals surface area contributed by atoms with Crippen molar-refractivity contribution in [2.45, 2.75) is 6.92 Å². The predicted octanol–water partition coefficient (Wildman–Crippen LogP) is 3.75. The molecular formula is C21H23N3O4S. The molecule has 3 rings (SSSR count). The van der Waals surface area contributed by atoms with E-state index in [1.807, 2.05) is 30.5 Å². The van der Waals surface area contributed by atoms with Gasteiger partial charge < -0.3 is 19.3 Å². The fraction of sp³-hybridized carbons (Fsp3) is 0.238. The molecule has 1 N–H and O–H groups in total. The van der Waals surface area contributed by atoms with Crippen molar-refractivity contribution in [3.63, 3.8) is 0 Å². The second-order valence-corrected chi connectivity index (χ2v) is 6.76. The fourth-order valence-corrected chi connectivity index (χ4v) is 3.63. The predicted molar refractivity (Wildman–Crippen MR) is 115 cm³/mol. The van der Waals surface area contributed by atoms with Crippen LogP contribution in [0.3, 0.4) is 0 Å². The third-order valence-corrected chi connectivity index (χ3v) is 5.06. The summed E-state index contributed by atoms with van der Waals surface area (Å²) in [6.07, 6.45) is 1.58. The van der Waals surface area contributed by atoms with Crippen LogP contribution in [0.25, 0.3) is 11.3 Å². The summed E-state index contributed by atoms with van der Waals surface area (Å²) in [6, 6.07) is 10.6. The van der Waals surface area contributed by atoms with Crippen molar-refractivity contribution in [1.29, 1.82) is 0 Å². The first-order chi connectivity index (χ1) is 14.1. The minimum Gasteiger partial charge on any atom is -0.507 e. The van der Waals surface area contributed by atoms with Crippen molar-refractivity contribution in [2.75, 3.05) is 27.9 Å². The van der Waals surface area contributed by atoms with E-state index in [0.717, 1.165) is 16.1 Å². The van der Waals surface area contributed by atoms with Crippen LogP contribution < -0.4 is 19.0 Å². The molecule has 2 aromatic carbocycles. The molecule has 0 amide bonds. The highest BCUT2D eigenvalue weighted by Gasteiger charge is 2.14. The van der Waals surface area contributed by atoms with E-state index in [2.05, 4.69) is 10.1 Å². The molecule has 0 aliphatic carbocycles. The molecule has 0 fully saturated rings. The van der Waals surface area contributed by atoms with Crippen molar-refractivity contribution in [2.24, 2.45) is 10.1 Å². The van der Waals surface area contributed by atoms with E-state index in [4.69, 9.17) is 14.2 Å².